The van der Waals surface area contributed by atoms with Gasteiger partial charge in [0.2, 0.25) is 0 Å². The zero-order valence-electron chi connectivity index (χ0n) is 8.59. The fraction of sp³-hybridized carbons (Fsp3) is 0.700. The van der Waals surface area contributed by atoms with E-state index < -0.39 is 0 Å². The summed E-state index contributed by atoms with van der Waals surface area (Å²) in [5.41, 5.74) is 1.39. The highest BCUT2D eigenvalue weighted by Crippen LogP contribution is 2.47. The van der Waals surface area contributed by atoms with Crippen LogP contribution < -0.4 is 0 Å². The van der Waals surface area contributed by atoms with E-state index >= 15 is 0 Å². The summed E-state index contributed by atoms with van der Waals surface area (Å²) in [5, 5.41) is 0. The highest BCUT2D eigenvalue weighted by Gasteiger charge is 2.41. The van der Waals surface area contributed by atoms with Crippen LogP contribution in [0.5, 0.6) is 0 Å². The molecule has 0 saturated carbocycles. The Balaban J connectivity index is 2.96. The summed E-state index contributed by atoms with van der Waals surface area (Å²) < 4.78 is -0.223. The zero-order chi connectivity index (χ0) is 10.1. The molecule has 1 aliphatic heterocycles. The number of allylic oxidation sites excluding steroid dienone is 1. The number of ketones is 1. The fourth-order valence-electron chi connectivity index (χ4n) is 1.75. The van der Waals surface area contributed by atoms with Crippen LogP contribution in [0.3, 0.4) is 0 Å². The van der Waals surface area contributed by atoms with Crippen molar-refractivity contribution >= 4 is 29.3 Å². The van der Waals surface area contributed by atoms with E-state index in [0.717, 1.165) is 5.75 Å². The fourth-order valence-corrected chi connectivity index (χ4v) is 4.20. The number of thioether (sulfide) groups is 2. The van der Waals surface area contributed by atoms with Crippen molar-refractivity contribution in [1.29, 1.82) is 0 Å². The lowest BCUT2D eigenvalue weighted by Gasteiger charge is -2.36. The van der Waals surface area contributed by atoms with E-state index in [4.69, 9.17) is 0 Å². The number of carbonyl (C=O) groups is 1. The van der Waals surface area contributed by atoms with E-state index in [9.17, 15) is 4.79 Å². The Kier molecular flexibility index (Phi) is 3.52. The Morgan fingerprint density at radius 3 is 2.77 bits per heavy atom. The molecule has 0 amide bonds. The smallest absolute Gasteiger partial charge is 0.156 e. The molecule has 3 heteroatoms. The topological polar surface area (TPSA) is 17.1 Å². The van der Waals surface area contributed by atoms with E-state index in [1.807, 2.05) is 6.26 Å². The van der Waals surface area contributed by atoms with Gasteiger partial charge < -0.3 is 0 Å². The summed E-state index contributed by atoms with van der Waals surface area (Å²) >= 11 is 3.46. The second-order valence-electron chi connectivity index (χ2n) is 3.52. The van der Waals surface area contributed by atoms with Gasteiger partial charge in [-0.3, -0.25) is 4.79 Å². The zero-order valence-corrected chi connectivity index (χ0v) is 10.2. The Morgan fingerprint density at radius 2 is 2.38 bits per heavy atom. The lowest BCUT2D eigenvalue weighted by molar-refractivity contribution is -0.117. The molecule has 2 atom stereocenters. The molecular formula is C10H16OS2. The van der Waals surface area contributed by atoms with Crippen molar-refractivity contribution < 1.29 is 4.79 Å². The predicted molar refractivity (Wildman–Crippen MR) is 62.3 cm³/mol. The monoisotopic (exact) mass is 216 g/mol. The maximum absolute atomic E-state index is 11.6. The van der Waals surface area contributed by atoms with Gasteiger partial charge in [-0.25, -0.2) is 0 Å². The standard InChI is InChI=1S/C10H16OS2/c1-7-5-8(2)10(12-4,9(3)11)13-6-7/h5,8H,6H2,1-4H3. The number of rotatable bonds is 2. The van der Waals surface area contributed by atoms with Gasteiger partial charge in [0.05, 0.1) is 0 Å². The summed E-state index contributed by atoms with van der Waals surface area (Å²) in [6.45, 7) is 5.97. The van der Waals surface area contributed by atoms with E-state index in [0.29, 0.717) is 11.7 Å². The predicted octanol–water partition coefficient (Wildman–Crippen LogP) is 2.96. The Morgan fingerprint density at radius 1 is 1.77 bits per heavy atom. The van der Waals surface area contributed by atoms with E-state index in [1.54, 1.807) is 30.4 Å². The molecular weight excluding hydrogens is 200 g/mol. The molecule has 1 heterocycles. The lowest BCUT2D eigenvalue weighted by atomic mass is 10.0. The summed E-state index contributed by atoms with van der Waals surface area (Å²) in [7, 11) is 0. The number of hydrogen-bond acceptors (Lipinski definition) is 3. The average Bonchev–Trinajstić information content (AvgIpc) is 2.04. The van der Waals surface area contributed by atoms with Gasteiger partial charge in [0, 0.05) is 11.7 Å². The number of hydrogen-bond donors (Lipinski definition) is 0. The molecule has 1 nitrogen and oxygen atoms in total. The Labute approximate surface area is 88.7 Å². The first-order valence-corrected chi connectivity index (χ1v) is 6.61. The van der Waals surface area contributed by atoms with Gasteiger partial charge in [-0.05, 0) is 20.1 Å². The molecule has 0 aliphatic carbocycles. The molecule has 0 aromatic rings. The van der Waals surface area contributed by atoms with Crippen LogP contribution in [-0.4, -0.2) is 21.9 Å². The van der Waals surface area contributed by atoms with Crippen LogP contribution in [0.2, 0.25) is 0 Å². The first-order chi connectivity index (χ1) is 6.03. The first kappa shape index (κ1) is 11.2. The summed E-state index contributed by atoms with van der Waals surface area (Å²) in [6.07, 6.45) is 4.26. The first-order valence-electron chi connectivity index (χ1n) is 4.40. The molecule has 1 rings (SSSR count). The normalized spacial score (nSPS) is 34.2. The van der Waals surface area contributed by atoms with Crippen LogP contribution in [-0.2, 0) is 4.79 Å². The number of carbonyl (C=O) groups excluding carboxylic acids is 1. The third-order valence-electron chi connectivity index (χ3n) is 2.44. The van der Waals surface area contributed by atoms with E-state index in [1.165, 1.54) is 5.57 Å². The van der Waals surface area contributed by atoms with Crippen molar-refractivity contribution in [2.45, 2.75) is 24.9 Å². The van der Waals surface area contributed by atoms with Crippen molar-refractivity contribution in [2.24, 2.45) is 5.92 Å². The molecule has 0 fully saturated rings. The highest BCUT2D eigenvalue weighted by molar-refractivity contribution is 8.19. The highest BCUT2D eigenvalue weighted by atomic mass is 32.2. The minimum atomic E-state index is -0.223. The van der Waals surface area contributed by atoms with Crippen molar-refractivity contribution in [1.82, 2.24) is 0 Å². The molecule has 0 aromatic carbocycles. The van der Waals surface area contributed by atoms with Crippen LogP contribution in [0.15, 0.2) is 11.6 Å². The van der Waals surface area contributed by atoms with Gasteiger partial charge >= 0.3 is 0 Å². The summed E-state index contributed by atoms with van der Waals surface area (Å²) in [5.74, 6) is 1.63. The molecule has 1 aliphatic rings. The van der Waals surface area contributed by atoms with Crippen LogP contribution in [0.1, 0.15) is 20.8 Å². The lowest BCUT2D eigenvalue weighted by Crippen LogP contribution is -2.38. The van der Waals surface area contributed by atoms with E-state index in [-0.39, 0.29) is 4.08 Å². The van der Waals surface area contributed by atoms with Crippen LogP contribution >= 0.6 is 23.5 Å². The molecule has 0 saturated heterocycles. The third-order valence-corrected chi connectivity index (χ3v) is 6.25. The Hall–Kier alpha value is 0.110. The number of Topliss-reactive ketones (excluding diaryl/α,β-unsaturated/α-hetero) is 1. The second-order valence-corrected chi connectivity index (χ2v) is 6.05. The van der Waals surface area contributed by atoms with Gasteiger partial charge in [0.1, 0.15) is 4.08 Å². The molecule has 0 spiro atoms. The van der Waals surface area contributed by atoms with Gasteiger partial charge in [-0.15, -0.1) is 23.5 Å². The van der Waals surface area contributed by atoms with Crippen molar-refractivity contribution in [3.05, 3.63) is 11.6 Å². The molecule has 0 aromatic heterocycles. The minimum absolute atomic E-state index is 0.223. The summed E-state index contributed by atoms with van der Waals surface area (Å²) in [6, 6.07) is 0. The van der Waals surface area contributed by atoms with Crippen molar-refractivity contribution in [3.63, 3.8) is 0 Å². The van der Waals surface area contributed by atoms with E-state index in [2.05, 4.69) is 19.9 Å². The van der Waals surface area contributed by atoms with Gasteiger partial charge in [0.15, 0.2) is 5.78 Å². The average molecular weight is 216 g/mol. The maximum Gasteiger partial charge on any atom is 0.156 e. The molecule has 0 N–H and O–H groups in total. The third kappa shape index (κ3) is 1.96. The summed E-state index contributed by atoms with van der Waals surface area (Å²) in [4.78, 5) is 11.6. The molecule has 13 heavy (non-hydrogen) atoms. The van der Waals surface area contributed by atoms with Crippen LogP contribution in [0, 0.1) is 5.92 Å². The second kappa shape index (κ2) is 4.09. The largest absolute Gasteiger partial charge is 0.297 e. The molecule has 74 valence electrons. The van der Waals surface area contributed by atoms with Gasteiger partial charge in [-0.1, -0.05) is 18.6 Å². The molecule has 0 radical (unpaired) electrons. The van der Waals surface area contributed by atoms with Gasteiger partial charge in [0.25, 0.3) is 0 Å². The Bertz CT molecular complexity index is 247. The van der Waals surface area contributed by atoms with Crippen LogP contribution in [0.4, 0.5) is 0 Å². The maximum atomic E-state index is 11.6. The van der Waals surface area contributed by atoms with Gasteiger partial charge in [-0.2, -0.15) is 0 Å². The minimum Gasteiger partial charge on any atom is -0.297 e. The molecule has 2 unspecified atom stereocenters. The SMILES string of the molecule is CSC1(C(C)=O)SCC(C)=CC1C. The van der Waals surface area contributed by atoms with Crippen LogP contribution in [0.25, 0.3) is 0 Å². The molecule has 0 bridgehead atoms. The van der Waals surface area contributed by atoms with Crippen molar-refractivity contribution in [2.75, 3.05) is 12.0 Å². The van der Waals surface area contributed by atoms with Crippen molar-refractivity contribution in [3.8, 4) is 0 Å². The quantitative estimate of drug-likeness (QED) is 0.661.